The summed E-state index contributed by atoms with van der Waals surface area (Å²) in [6, 6.07) is 1.05. The highest BCUT2D eigenvalue weighted by atomic mass is 15.1. The molecule has 0 amide bonds. The van der Waals surface area contributed by atoms with Gasteiger partial charge in [0.15, 0.2) is 0 Å². The lowest BCUT2D eigenvalue weighted by Gasteiger charge is -2.36. The van der Waals surface area contributed by atoms with Crippen LogP contribution in [0.25, 0.3) is 0 Å². The molecule has 0 aliphatic carbocycles. The van der Waals surface area contributed by atoms with Crippen LogP contribution in [-0.4, -0.2) is 21.6 Å². The Bertz CT molecular complexity index is 364. The molecule has 0 aliphatic heterocycles. The predicted molar refractivity (Wildman–Crippen MR) is 91.3 cm³/mol. The fraction of sp³-hybridized carbons (Fsp3) is 0.833. The Hall–Kier alpha value is -0.830. The molecule has 3 heteroatoms. The van der Waals surface area contributed by atoms with Crippen LogP contribution in [-0.2, 0) is 6.54 Å². The Kier molecular flexibility index (Phi) is 6.92. The summed E-state index contributed by atoms with van der Waals surface area (Å²) in [5.41, 5.74) is 0.233. The Balaban J connectivity index is 2.76. The first-order chi connectivity index (χ1) is 9.68. The second-order valence-electron chi connectivity index (χ2n) is 8.30. The molecule has 0 radical (unpaired) electrons. The van der Waals surface area contributed by atoms with Gasteiger partial charge in [-0.05, 0) is 30.1 Å². The number of imidazole rings is 1. The maximum Gasteiger partial charge on any atom is 0.0946 e. The normalized spacial score (nSPS) is 14.4. The monoisotopic (exact) mass is 293 g/mol. The minimum Gasteiger partial charge on any atom is -0.336 e. The van der Waals surface area contributed by atoms with E-state index < -0.39 is 0 Å². The third kappa shape index (κ3) is 7.12. The van der Waals surface area contributed by atoms with Crippen molar-refractivity contribution in [3.05, 3.63) is 18.7 Å². The number of hydrogen-bond acceptors (Lipinski definition) is 2. The molecule has 0 aromatic carbocycles. The highest BCUT2D eigenvalue weighted by molar-refractivity contribution is 4.87. The maximum atomic E-state index is 4.17. The molecule has 1 rings (SSSR count). The SMILES string of the molecule is CC(C)CC(CC(C)C)NC(Cn1ccnc1)C(C)(C)C. The number of nitrogens with one attached hydrogen (secondary N) is 1. The van der Waals surface area contributed by atoms with Crippen LogP contribution in [0.2, 0.25) is 0 Å². The summed E-state index contributed by atoms with van der Waals surface area (Å²) >= 11 is 0. The van der Waals surface area contributed by atoms with Crippen LogP contribution >= 0.6 is 0 Å². The van der Waals surface area contributed by atoms with Crippen LogP contribution in [0.3, 0.4) is 0 Å². The van der Waals surface area contributed by atoms with Gasteiger partial charge >= 0.3 is 0 Å². The smallest absolute Gasteiger partial charge is 0.0946 e. The minimum absolute atomic E-state index is 0.233. The van der Waals surface area contributed by atoms with Crippen molar-refractivity contribution in [1.29, 1.82) is 0 Å². The summed E-state index contributed by atoms with van der Waals surface area (Å²) in [5.74, 6) is 1.46. The van der Waals surface area contributed by atoms with Crippen LogP contribution < -0.4 is 5.32 Å². The van der Waals surface area contributed by atoms with Crippen molar-refractivity contribution in [3.8, 4) is 0 Å². The van der Waals surface area contributed by atoms with Crippen molar-refractivity contribution in [1.82, 2.24) is 14.9 Å². The molecular weight excluding hydrogens is 258 g/mol. The quantitative estimate of drug-likeness (QED) is 0.772. The third-order valence-electron chi connectivity index (χ3n) is 3.95. The molecule has 1 atom stereocenters. The van der Waals surface area contributed by atoms with Gasteiger partial charge in [0.1, 0.15) is 0 Å². The zero-order chi connectivity index (χ0) is 16.0. The van der Waals surface area contributed by atoms with E-state index in [-0.39, 0.29) is 5.41 Å². The standard InChI is InChI=1S/C18H35N3/c1-14(2)10-16(11-15(3)4)20-17(18(5,6)7)12-21-9-8-19-13-21/h8-9,13-17,20H,10-12H2,1-7H3. The number of hydrogen-bond donors (Lipinski definition) is 1. The van der Waals surface area contributed by atoms with E-state index in [1.807, 2.05) is 12.5 Å². The molecule has 1 unspecified atom stereocenters. The lowest BCUT2D eigenvalue weighted by atomic mass is 9.84. The number of nitrogens with zero attached hydrogens (tertiary/aromatic N) is 2. The predicted octanol–water partition coefficient (Wildman–Crippen LogP) is 4.35. The molecule has 0 spiro atoms. The molecule has 3 nitrogen and oxygen atoms in total. The van der Waals surface area contributed by atoms with Gasteiger partial charge in [-0.25, -0.2) is 4.98 Å². The van der Waals surface area contributed by atoms with Gasteiger partial charge in [-0.15, -0.1) is 0 Å². The van der Waals surface area contributed by atoms with Gasteiger partial charge in [-0.3, -0.25) is 0 Å². The van der Waals surface area contributed by atoms with Crippen molar-refractivity contribution in [2.24, 2.45) is 17.3 Å². The summed E-state index contributed by atoms with van der Waals surface area (Å²) in [5, 5.41) is 3.95. The number of aromatic nitrogens is 2. The zero-order valence-electron chi connectivity index (χ0n) is 15.1. The zero-order valence-corrected chi connectivity index (χ0v) is 15.1. The van der Waals surface area contributed by atoms with Crippen molar-refractivity contribution in [3.63, 3.8) is 0 Å². The highest BCUT2D eigenvalue weighted by Crippen LogP contribution is 2.24. The Morgan fingerprint density at radius 3 is 2.00 bits per heavy atom. The summed E-state index contributed by atoms with van der Waals surface area (Å²) < 4.78 is 2.19. The topological polar surface area (TPSA) is 29.9 Å². The first-order valence-electron chi connectivity index (χ1n) is 8.40. The lowest BCUT2D eigenvalue weighted by molar-refractivity contribution is 0.201. The summed E-state index contributed by atoms with van der Waals surface area (Å²) in [4.78, 5) is 4.17. The van der Waals surface area contributed by atoms with Crippen LogP contribution in [0.5, 0.6) is 0 Å². The second-order valence-corrected chi connectivity index (χ2v) is 8.30. The molecule has 1 heterocycles. The molecule has 0 aliphatic rings. The average molecular weight is 293 g/mol. The molecule has 1 aromatic rings. The Morgan fingerprint density at radius 2 is 1.62 bits per heavy atom. The fourth-order valence-electron chi connectivity index (χ4n) is 2.84. The molecule has 0 saturated carbocycles. The molecule has 1 N–H and O–H groups in total. The van der Waals surface area contributed by atoms with E-state index in [0.717, 1.165) is 18.4 Å². The minimum atomic E-state index is 0.233. The van der Waals surface area contributed by atoms with Crippen molar-refractivity contribution in [2.75, 3.05) is 0 Å². The first-order valence-corrected chi connectivity index (χ1v) is 8.40. The van der Waals surface area contributed by atoms with E-state index in [2.05, 4.69) is 69.5 Å². The molecule has 0 saturated heterocycles. The van der Waals surface area contributed by atoms with E-state index in [1.54, 1.807) is 0 Å². The number of rotatable bonds is 8. The van der Waals surface area contributed by atoms with Gasteiger partial charge in [0.2, 0.25) is 0 Å². The summed E-state index contributed by atoms with van der Waals surface area (Å²) in [7, 11) is 0. The average Bonchev–Trinajstić information content (AvgIpc) is 2.77. The van der Waals surface area contributed by atoms with Crippen LogP contribution in [0.4, 0.5) is 0 Å². The molecule has 122 valence electrons. The van der Waals surface area contributed by atoms with Crippen LogP contribution in [0.1, 0.15) is 61.3 Å². The van der Waals surface area contributed by atoms with Gasteiger partial charge in [0.25, 0.3) is 0 Å². The Labute approximate surface area is 131 Å². The fourth-order valence-corrected chi connectivity index (χ4v) is 2.84. The van der Waals surface area contributed by atoms with Gasteiger partial charge < -0.3 is 9.88 Å². The summed E-state index contributed by atoms with van der Waals surface area (Å²) in [6.07, 6.45) is 8.32. The molecule has 0 bridgehead atoms. The lowest BCUT2D eigenvalue weighted by Crippen LogP contribution is -2.49. The van der Waals surface area contributed by atoms with Crippen LogP contribution in [0.15, 0.2) is 18.7 Å². The maximum absolute atomic E-state index is 4.17. The molecule has 1 aromatic heterocycles. The molecular formula is C18H35N3. The van der Waals surface area contributed by atoms with E-state index >= 15 is 0 Å². The highest BCUT2D eigenvalue weighted by Gasteiger charge is 2.27. The summed E-state index contributed by atoms with van der Waals surface area (Å²) in [6.45, 7) is 17.2. The molecule has 0 fully saturated rings. The van der Waals surface area contributed by atoms with Gasteiger partial charge in [0.05, 0.1) is 6.33 Å². The van der Waals surface area contributed by atoms with E-state index in [1.165, 1.54) is 12.8 Å². The largest absolute Gasteiger partial charge is 0.336 e. The third-order valence-corrected chi connectivity index (χ3v) is 3.95. The second kappa shape index (κ2) is 7.98. The Morgan fingerprint density at radius 1 is 1.05 bits per heavy atom. The van der Waals surface area contributed by atoms with Gasteiger partial charge in [0, 0.05) is 31.0 Å². The van der Waals surface area contributed by atoms with Crippen molar-refractivity contribution >= 4 is 0 Å². The molecule has 21 heavy (non-hydrogen) atoms. The van der Waals surface area contributed by atoms with Gasteiger partial charge in [-0.2, -0.15) is 0 Å². The van der Waals surface area contributed by atoms with Gasteiger partial charge in [-0.1, -0.05) is 48.5 Å². The first kappa shape index (κ1) is 18.2. The van der Waals surface area contributed by atoms with Crippen molar-refractivity contribution in [2.45, 2.75) is 79.9 Å². The van der Waals surface area contributed by atoms with Crippen LogP contribution in [0, 0.1) is 17.3 Å². The van der Waals surface area contributed by atoms with Crippen molar-refractivity contribution < 1.29 is 0 Å². The van der Waals surface area contributed by atoms with E-state index in [0.29, 0.717) is 12.1 Å². The van der Waals surface area contributed by atoms with E-state index in [4.69, 9.17) is 0 Å². The van der Waals surface area contributed by atoms with E-state index in [9.17, 15) is 0 Å².